The van der Waals surface area contributed by atoms with E-state index in [4.69, 9.17) is 0 Å². The maximum Gasteiger partial charge on any atom is 0.323 e. The number of anilines is 2. The highest BCUT2D eigenvalue weighted by Gasteiger charge is 2.14. The summed E-state index contributed by atoms with van der Waals surface area (Å²) < 4.78 is 1.93. The van der Waals surface area contributed by atoms with Crippen molar-refractivity contribution in [1.82, 2.24) is 9.78 Å². The molecule has 0 aliphatic heterocycles. The van der Waals surface area contributed by atoms with Crippen molar-refractivity contribution >= 4 is 17.4 Å². The Morgan fingerprint density at radius 2 is 1.75 bits per heavy atom. The van der Waals surface area contributed by atoms with Crippen molar-refractivity contribution in [2.75, 3.05) is 10.6 Å². The molecule has 0 fully saturated rings. The fraction of sp³-hybridized carbons (Fsp3) is 0.304. The summed E-state index contributed by atoms with van der Waals surface area (Å²) in [5.74, 6) is 0.465. The molecule has 0 atom stereocenters. The van der Waals surface area contributed by atoms with Crippen LogP contribution in [0.5, 0.6) is 0 Å². The van der Waals surface area contributed by atoms with Crippen molar-refractivity contribution in [2.24, 2.45) is 0 Å². The van der Waals surface area contributed by atoms with E-state index in [0.717, 1.165) is 22.8 Å². The third-order valence-electron chi connectivity index (χ3n) is 4.87. The molecule has 1 aromatic heterocycles. The topological polar surface area (TPSA) is 59.0 Å². The Bertz CT molecular complexity index is 971. The van der Waals surface area contributed by atoms with Gasteiger partial charge in [-0.25, -0.2) is 4.79 Å². The first-order valence-corrected chi connectivity index (χ1v) is 9.61. The molecular formula is C23H28N4O. The van der Waals surface area contributed by atoms with Gasteiger partial charge >= 0.3 is 6.03 Å². The number of amides is 2. The zero-order valence-corrected chi connectivity index (χ0v) is 17.2. The van der Waals surface area contributed by atoms with E-state index in [-0.39, 0.29) is 6.03 Å². The lowest BCUT2D eigenvalue weighted by molar-refractivity contribution is 0.262. The van der Waals surface area contributed by atoms with E-state index >= 15 is 0 Å². The average molecular weight is 377 g/mol. The Hall–Kier alpha value is -3.08. The molecule has 0 radical (unpaired) electrons. The van der Waals surface area contributed by atoms with E-state index in [1.165, 1.54) is 16.7 Å². The molecule has 1 heterocycles. The molecule has 3 rings (SSSR count). The molecule has 0 spiro atoms. The lowest BCUT2D eigenvalue weighted by Gasteiger charge is -2.10. The van der Waals surface area contributed by atoms with Gasteiger partial charge < -0.3 is 10.6 Å². The Morgan fingerprint density at radius 3 is 2.39 bits per heavy atom. The van der Waals surface area contributed by atoms with E-state index < -0.39 is 0 Å². The van der Waals surface area contributed by atoms with Crippen LogP contribution in [-0.4, -0.2) is 15.8 Å². The third-order valence-corrected chi connectivity index (χ3v) is 4.87. The predicted molar refractivity (Wildman–Crippen MR) is 115 cm³/mol. The van der Waals surface area contributed by atoms with Gasteiger partial charge in [-0.3, -0.25) is 4.68 Å². The van der Waals surface area contributed by atoms with Crippen LogP contribution >= 0.6 is 0 Å². The summed E-state index contributed by atoms with van der Waals surface area (Å²) in [6, 6.07) is 16.0. The second-order valence-electron chi connectivity index (χ2n) is 7.55. The van der Waals surface area contributed by atoms with Crippen LogP contribution < -0.4 is 10.6 Å². The summed E-state index contributed by atoms with van der Waals surface area (Å²) in [5, 5.41) is 10.4. The van der Waals surface area contributed by atoms with E-state index in [1.807, 2.05) is 48.9 Å². The van der Waals surface area contributed by atoms with Crippen molar-refractivity contribution in [2.45, 2.75) is 47.1 Å². The fourth-order valence-corrected chi connectivity index (χ4v) is 3.24. The van der Waals surface area contributed by atoms with Crippen LogP contribution in [0.2, 0.25) is 0 Å². The summed E-state index contributed by atoms with van der Waals surface area (Å²) in [7, 11) is 0. The van der Waals surface area contributed by atoms with Crippen molar-refractivity contribution < 1.29 is 4.79 Å². The number of rotatable bonds is 5. The highest BCUT2D eigenvalue weighted by Crippen LogP contribution is 2.22. The molecule has 0 saturated heterocycles. The molecule has 0 bridgehead atoms. The van der Waals surface area contributed by atoms with E-state index in [2.05, 4.69) is 54.7 Å². The van der Waals surface area contributed by atoms with Gasteiger partial charge in [0.15, 0.2) is 0 Å². The van der Waals surface area contributed by atoms with Crippen LogP contribution in [0, 0.1) is 20.8 Å². The first-order valence-electron chi connectivity index (χ1n) is 9.61. The number of nitrogens with zero attached hydrogens (tertiary/aromatic N) is 2. The van der Waals surface area contributed by atoms with Gasteiger partial charge in [0.2, 0.25) is 0 Å². The molecule has 28 heavy (non-hydrogen) atoms. The van der Waals surface area contributed by atoms with Gasteiger partial charge in [-0.05, 0) is 49.9 Å². The number of benzene rings is 2. The first-order chi connectivity index (χ1) is 13.3. The quantitative estimate of drug-likeness (QED) is 0.607. The summed E-state index contributed by atoms with van der Waals surface area (Å²) in [4.78, 5) is 12.5. The molecule has 0 aliphatic rings. The highest BCUT2D eigenvalue weighted by atomic mass is 16.2. The number of aryl methyl sites for hydroxylation is 2. The zero-order chi connectivity index (χ0) is 20.3. The molecule has 5 nitrogen and oxygen atoms in total. The van der Waals surface area contributed by atoms with Crippen LogP contribution in [0.3, 0.4) is 0 Å². The van der Waals surface area contributed by atoms with E-state index in [0.29, 0.717) is 12.5 Å². The second-order valence-corrected chi connectivity index (χ2v) is 7.55. The molecule has 3 aromatic rings. The van der Waals surface area contributed by atoms with Gasteiger partial charge in [-0.15, -0.1) is 0 Å². The van der Waals surface area contributed by atoms with E-state index in [1.54, 1.807) is 0 Å². The number of hydrogen-bond donors (Lipinski definition) is 2. The molecule has 2 amide bonds. The predicted octanol–water partition coefficient (Wildman–Crippen LogP) is 5.62. The first kappa shape index (κ1) is 19.7. The van der Waals surface area contributed by atoms with Crippen LogP contribution in [0.1, 0.15) is 47.8 Å². The van der Waals surface area contributed by atoms with Crippen LogP contribution in [0.4, 0.5) is 16.2 Å². The van der Waals surface area contributed by atoms with Gasteiger partial charge in [0.25, 0.3) is 0 Å². The normalized spacial score (nSPS) is 10.9. The van der Waals surface area contributed by atoms with Gasteiger partial charge in [0.1, 0.15) is 0 Å². The number of carbonyl (C=O) groups excluding carboxylic acids is 1. The smallest absolute Gasteiger partial charge is 0.308 e. The molecule has 0 saturated carbocycles. The number of carbonyl (C=O) groups is 1. The molecule has 0 unspecified atom stereocenters. The molecule has 146 valence electrons. The van der Waals surface area contributed by atoms with E-state index in [9.17, 15) is 4.79 Å². The minimum Gasteiger partial charge on any atom is -0.308 e. The lowest BCUT2D eigenvalue weighted by atomic mass is 10.0. The van der Waals surface area contributed by atoms with Gasteiger partial charge in [0.05, 0.1) is 23.6 Å². The second kappa shape index (κ2) is 8.30. The lowest BCUT2D eigenvalue weighted by Crippen LogP contribution is -2.20. The van der Waals surface area contributed by atoms with Crippen molar-refractivity contribution in [3.05, 3.63) is 76.6 Å². The Morgan fingerprint density at radius 1 is 1.04 bits per heavy atom. The summed E-state index contributed by atoms with van der Waals surface area (Å²) in [5.41, 5.74) is 6.91. The highest BCUT2D eigenvalue weighted by molar-refractivity contribution is 6.00. The molecular weight excluding hydrogens is 348 g/mol. The van der Waals surface area contributed by atoms with Crippen molar-refractivity contribution in [3.63, 3.8) is 0 Å². The summed E-state index contributed by atoms with van der Waals surface area (Å²) >= 11 is 0. The van der Waals surface area contributed by atoms with Gasteiger partial charge in [-0.2, -0.15) is 5.10 Å². The molecule has 5 heteroatoms. The van der Waals surface area contributed by atoms with Crippen LogP contribution in [0.25, 0.3) is 0 Å². The number of urea groups is 1. The Balaban J connectivity index is 1.70. The number of hydrogen-bond acceptors (Lipinski definition) is 2. The van der Waals surface area contributed by atoms with Crippen molar-refractivity contribution in [3.8, 4) is 0 Å². The maximum absolute atomic E-state index is 12.5. The summed E-state index contributed by atoms with van der Waals surface area (Å²) in [6.45, 7) is 10.9. The summed E-state index contributed by atoms with van der Waals surface area (Å²) in [6.07, 6.45) is 0. The molecule has 2 aromatic carbocycles. The fourth-order valence-electron chi connectivity index (χ4n) is 3.24. The number of nitrogens with one attached hydrogen (secondary N) is 2. The third kappa shape index (κ3) is 4.60. The maximum atomic E-state index is 12.5. The standard InChI is InChI=1S/C23H28N4O/c1-15(2)20-9-11-21(12-10-20)24-23(28)25-22-17(4)26-27(18(22)5)14-19-8-6-7-16(3)13-19/h6-13,15H,14H2,1-5H3,(H2,24,25,28). The largest absolute Gasteiger partial charge is 0.323 e. The molecule has 0 aliphatic carbocycles. The van der Waals surface area contributed by atoms with Crippen molar-refractivity contribution in [1.29, 1.82) is 0 Å². The van der Waals surface area contributed by atoms with Gasteiger partial charge in [-0.1, -0.05) is 55.8 Å². The molecule has 2 N–H and O–H groups in total. The minimum atomic E-state index is -0.265. The SMILES string of the molecule is Cc1cccc(Cn2nc(C)c(NC(=O)Nc3ccc(C(C)C)cc3)c2C)c1. The van der Waals surface area contributed by atoms with Gasteiger partial charge in [0, 0.05) is 5.69 Å². The zero-order valence-electron chi connectivity index (χ0n) is 17.2. The average Bonchev–Trinajstić information content (AvgIpc) is 2.89. The minimum absolute atomic E-state index is 0.265. The number of aromatic nitrogens is 2. The monoisotopic (exact) mass is 376 g/mol. The Kier molecular flexibility index (Phi) is 5.83. The Labute approximate surface area is 166 Å². The van der Waals surface area contributed by atoms with Crippen LogP contribution in [0.15, 0.2) is 48.5 Å². The van der Waals surface area contributed by atoms with Crippen LogP contribution in [-0.2, 0) is 6.54 Å².